The minimum Gasteiger partial charge on any atom is -0.494 e. The van der Waals surface area contributed by atoms with Gasteiger partial charge in [0, 0.05) is 12.1 Å². The van der Waals surface area contributed by atoms with E-state index in [1.165, 1.54) is 0 Å². The number of nitrogens with zero attached hydrogens (tertiary/aromatic N) is 2. The molecule has 0 amide bonds. The molecule has 20 heavy (non-hydrogen) atoms. The molecule has 2 aromatic carbocycles. The van der Waals surface area contributed by atoms with E-state index in [9.17, 15) is 0 Å². The lowest BCUT2D eigenvalue weighted by atomic mass is 10.2. The summed E-state index contributed by atoms with van der Waals surface area (Å²) < 4.78 is 11.0. The molecule has 3 rings (SSSR count). The minimum absolute atomic E-state index is 0.643. The Bertz CT molecular complexity index is 690. The summed E-state index contributed by atoms with van der Waals surface area (Å²) in [6, 6.07) is 11.5. The number of hydrogen-bond acceptors (Lipinski definition) is 4. The molecular formula is C16H16N2O2. The molecule has 0 saturated heterocycles. The van der Waals surface area contributed by atoms with Gasteiger partial charge in [-0.15, -0.1) is 0 Å². The van der Waals surface area contributed by atoms with Crippen molar-refractivity contribution in [3.63, 3.8) is 0 Å². The molecular weight excluding hydrogens is 252 g/mol. The van der Waals surface area contributed by atoms with Gasteiger partial charge in [0.1, 0.15) is 11.5 Å². The van der Waals surface area contributed by atoms with Crippen molar-refractivity contribution in [2.24, 2.45) is 0 Å². The van der Waals surface area contributed by atoms with Crippen molar-refractivity contribution in [3.8, 4) is 11.5 Å². The number of ether oxygens (including phenoxy) is 2. The van der Waals surface area contributed by atoms with E-state index in [0.717, 1.165) is 33.6 Å². The van der Waals surface area contributed by atoms with Gasteiger partial charge in [0.25, 0.3) is 0 Å². The fraction of sp³-hybridized carbons (Fsp3) is 0.250. The molecule has 0 saturated carbocycles. The number of rotatable bonds is 4. The summed E-state index contributed by atoms with van der Waals surface area (Å²) in [6.07, 6.45) is 0. The molecule has 0 bridgehead atoms. The van der Waals surface area contributed by atoms with Crippen molar-refractivity contribution in [1.29, 1.82) is 0 Å². The summed E-state index contributed by atoms with van der Waals surface area (Å²) in [5.41, 5.74) is 3.39. The van der Waals surface area contributed by atoms with Gasteiger partial charge in [0.05, 0.1) is 35.3 Å². The van der Waals surface area contributed by atoms with Crippen LogP contribution in [0.15, 0.2) is 36.4 Å². The lowest BCUT2D eigenvalue weighted by Gasteiger charge is -2.07. The average molecular weight is 268 g/mol. The Labute approximate surface area is 117 Å². The Balaban J connectivity index is 2.12. The Hall–Kier alpha value is -2.36. The van der Waals surface area contributed by atoms with Gasteiger partial charge in [0.15, 0.2) is 0 Å². The van der Waals surface area contributed by atoms with Crippen LogP contribution in [0.2, 0.25) is 0 Å². The maximum absolute atomic E-state index is 5.49. The summed E-state index contributed by atoms with van der Waals surface area (Å²) >= 11 is 0. The highest BCUT2D eigenvalue weighted by Crippen LogP contribution is 2.23. The van der Waals surface area contributed by atoms with Gasteiger partial charge >= 0.3 is 0 Å². The van der Waals surface area contributed by atoms with Crippen LogP contribution >= 0.6 is 0 Å². The van der Waals surface area contributed by atoms with Crippen molar-refractivity contribution in [2.45, 2.75) is 13.8 Å². The van der Waals surface area contributed by atoms with Crippen LogP contribution in [-0.2, 0) is 0 Å². The van der Waals surface area contributed by atoms with E-state index in [2.05, 4.69) is 9.97 Å². The van der Waals surface area contributed by atoms with Crippen LogP contribution in [-0.4, -0.2) is 23.2 Å². The molecule has 0 aliphatic rings. The molecule has 102 valence electrons. The van der Waals surface area contributed by atoms with E-state index < -0.39 is 0 Å². The predicted molar refractivity (Wildman–Crippen MR) is 79.4 cm³/mol. The van der Waals surface area contributed by atoms with Gasteiger partial charge in [-0.25, -0.2) is 9.97 Å². The van der Waals surface area contributed by atoms with E-state index in [0.29, 0.717) is 13.2 Å². The van der Waals surface area contributed by atoms with E-state index in [1.54, 1.807) is 0 Å². The van der Waals surface area contributed by atoms with E-state index in [1.807, 2.05) is 50.2 Å². The first kappa shape index (κ1) is 12.7. The van der Waals surface area contributed by atoms with Crippen LogP contribution in [0.25, 0.3) is 22.1 Å². The largest absolute Gasteiger partial charge is 0.494 e. The topological polar surface area (TPSA) is 44.2 Å². The lowest BCUT2D eigenvalue weighted by Crippen LogP contribution is -1.94. The molecule has 0 aliphatic heterocycles. The first-order valence-corrected chi connectivity index (χ1v) is 6.77. The zero-order chi connectivity index (χ0) is 13.9. The van der Waals surface area contributed by atoms with Crippen LogP contribution in [0, 0.1) is 0 Å². The third kappa shape index (κ3) is 2.37. The number of fused-ring (bicyclic) bond motifs is 2. The summed E-state index contributed by atoms with van der Waals surface area (Å²) in [7, 11) is 0. The van der Waals surface area contributed by atoms with Gasteiger partial charge in [-0.3, -0.25) is 0 Å². The molecule has 0 spiro atoms. The maximum atomic E-state index is 5.49. The molecule has 4 heteroatoms. The third-order valence-electron chi connectivity index (χ3n) is 3.00. The van der Waals surface area contributed by atoms with Crippen LogP contribution < -0.4 is 9.47 Å². The summed E-state index contributed by atoms with van der Waals surface area (Å²) in [6.45, 7) is 5.21. The molecule has 0 aliphatic carbocycles. The van der Waals surface area contributed by atoms with Gasteiger partial charge < -0.3 is 9.47 Å². The molecule has 0 atom stereocenters. The average Bonchev–Trinajstić information content (AvgIpc) is 2.46. The summed E-state index contributed by atoms with van der Waals surface area (Å²) in [4.78, 5) is 9.25. The second-order valence-corrected chi connectivity index (χ2v) is 4.39. The molecule has 0 unspecified atom stereocenters. The monoisotopic (exact) mass is 268 g/mol. The summed E-state index contributed by atoms with van der Waals surface area (Å²) in [5.74, 6) is 1.64. The highest BCUT2D eigenvalue weighted by Gasteiger charge is 2.04. The Morgan fingerprint density at radius 3 is 1.55 bits per heavy atom. The number of aromatic nitrogens is 2. The van der Waals surface area contributed by atoms with Gasteiger partial charge in [0.2, 0.25) is 0 Å². The zero-order valence-corrected chi connectivity index (χ0v) is 11.6. The first-order valence-electron chi connectivity index (χ1n) is 6.77. The fourth-order valence-electron chi connectivity index (χ4n) is 2.15. The van der Waals surface area contributed by atoms with Crippen molar-refractivity contribution < 1.29 is 9.47 Å². The summed E-state index contributed by atoms with van der Waals surface area (Å²) in [5, 5.41) is 0. The van der Waals surface area contributed by atoms with Crippen LogP contribution in [0.5, 0.6) is 11.5 Å². The molecule has 1 heterocycles. The Morgan fingerprint density at radius 2 is 1.15 bits per heavy atom. The maximum Gasteiger partial charge on any atom is 0.121 e. The van der Waals surface area contributed by atoms with Gasteiger partial charge in [-0.1, -0.05) is 0 Å². The highest BCUT2D eigenvalue weighted by atomic mass is 16.5. The van der Waals surface area contributed by atoms with Crippen molar-refractivity contribution in [1.82, 2.24) is 9.97 Å². The third-order valence-corrected chi connectivity index (χ3v) is 3.00. The molecule has 3 aromatic rings. The zero-order valence-electron chi connectivity index (χ0n) is 11.6. The molecule has 0 fully saturated rings. The second kappa shape index (κ2) is 5.33. The molecule has 4 nitrogen and oxygen atoms in total. The standard InChI is InChI=1S/C16H16N2O2/c1-3-19-11-5-7-13-15(9-11)17-14-8-6-12(20-4-2)10-16(14)18-13/h5-10H,3-4H2,1-2H3. The molecule has 1 aromatic heterocycles. The first-order chi connectivity index (χ1) is 9.80. The lowest BCUT2D eigenvalue weighted by molar-refractivity contribution is 0.340. The smallest absolute Gasteiger partial charge is 0.121 e. The van der Waals surface area contributed by atoms with E-state index in [-0.39, 0.29) is 0 Å². The van der Waals surface area contributed by atoms with Crippen molar-refractivity contribution >= 4 is 22.1 Å². The minimum atomic E-state index is 0.643. The Kier molecular flexibility index (Phi) is 3.37. The van der Waals surface area contributed by atoms with Crippen LogP contribution in [0.3, 0.4) is 0 Å². The molecule has 0 radical (unpaired) electrons. The van der Waals surface area contributed by atoms with Gasteiger partial charge in [-0.2, -0.15) is 0 Å². The van der Waals surface area contributed by atoms with Crippen molar-refractivity contribution in [3.05, 3.63) is 36.4 Å². The predicted octanol–water partition coefficient (Wildman–Crippen LogP) is 3.58. The van der Waals surface area contributed by atoms with Crippen molar-refractivity contribution in [2.75, 3.05) is 13.2 Å². The van der Waals surface area contributed by atoms with Crippen LogP contribution in [0.1, 0.15) is 13.8 Å². The SMILES string of the molecule is CCOc1ccc2nc3cc(OCC)ccc3nc2c1. The second-order valence-electron chi connectivity index (χ2n) is 4.39. The van der Waals surface area contributed by atoms with E-state index >= 15 is 0 Å². The van der Waals surface area contributed by atoms with E-state index in [4.69, 9.17) is 9.47 Å². The van der Waals surface area contributed by atoms with Crippen LogP contribution in [0.4, 0.5) is 0 Å². The fourth-order valence-corrected chi connectivity index (χ4v) is 2.15. The number of hydrogen-bond donors (Lipinski definition) is 0. The molecule has 0 N–H and O–H groups in total. The normalized spacial score (nSPS) is 10.9. The highest BCUT2D eigenvalue weighted by molar-refractivity contribution is 5.87. The quantitative estimate of drug-likeness (QED) is 0.678. The van der Waals surface area contributed by atoms with Gasteiger partial charge in [-0.05, 0) is 38.1 Å². The number of benzene rings is 2. The Morgan fingerprint density at radius 1 is 0.700 bits per heavy atom.